The minimum atomic E-state index is -0.221. The lowest BCUT2D eigenvalue weighted by Crippen LogP contribution is -2.18. The van der Waals surface area contributed by atoms with Crippen LogP contribution in [0.5, 0.6) is 0 Å². The van der Waals surface area contributed by atoms with Gasteiger partial charge in [0.25, 0.3) is 0 Å². The average Bonchev–Trinajstić information content (AvgIpc) is 3.71. The summed E-state index contributed by atoms with van der Waals surface area (Å²) in [5, 5.41) is 0. The lowest BCUT2D eigenvalue weighted by Gasteiger charge is -2.31. The van der Waals surface area contributed by atoms with Gasteiger partial charge in [-0.1, -0.05) is 170 Å². The average molecular weight is 748 g/mol. The van der Waals surface area contributed by atoms with E-state index in [2.05, 4.69) is 205 Å². The van der Waals surface area contributed by atoms with E-state index in [4.69, 9.17) is 0 Å². The van der Waals surface area contributed by atoms with Crippen molar-refractivity contribution >= 4 is 22.6 Å². The van der Waals surface area contributed by atoms with Gasteiger partial charge in [-0.3, -0.25) is 0 Å². The Kier molecular flexibility index (Phi) is 7.92. The van der Waals surface area contributed by atoms with E-state index in [9.17, 15) is 0 Å². The van der Waals surface area contributed by atoms with Gasteiger partial charge in [0.15, 0.2) is 0 Å². The van der Waals surface area contributed by atoms with E-state index in [1.807, 2.05) is 18.2 Å². The molecule has 0 N–H and O–H groups in total. The van der Waals surface area contributed by atoms with Crippen LogP contribution in [0, 0.1) is 0 Å². The van der Waals surface area contributed by atoms with Crippen LogP contribution < -0.4 is 4.90 Å². The number of hydrogen-bond acceptors (Lipinski definition) is 1. The number of rotatable bonds is 7. The van der Waals surface area contributed by atoms with Crippen LogP contribution in [-0.2, 0) is 16.2 Å². The zero-order chi connectivity index (χ0) is 40.1. The molecular weight excluding hydrogens is 699 g/mol. The number of allylic oxidation sites excluding steroid dienone is 4. The first-order valence-corrected chi connectivity index (χ1v) is 20.6. The Hall–Kier alpha value is -6.44. The highest BCUT2D eigenvalue weighted by atomic mass is 15.1. The Labute approximate surface area is 344 Å². The highest BCUT2D eigenvalue weighted by molar-refractivity contribution is 5.95. The van der Waals surface area contributed by atoms with E-state index in [-0.39, 0.29) is 16.2 Å². The summed E-state index contributed by atoms with van der Waals surface area (Å²) < 4.78 is 0. The third-order valence-corrected chi connectivity index (χ3v) is 13.6. The number of para-hydroxylation sites is 1. The van der Waals surface area contributed by atoms with E-state index >= 15 is 0 Å². The quantitative estimate of drug-likeness (QED) is 0.147. The van der Waals surface area contributed by atoms with Crippen LogP contribution in [0.2, 0.25) is 0 Å². The van der Waals surface area contributed by atoms with Crippen molar-refractivity contribution in [2.24, 2.45) is 0 Å². The van der Waals surface area contributed by atoms with Crippen LogP contribution >= 0.6 is 0 Å². The molecule has 3 aliphatic carbocycles. The summed E-state index contributed by atoms with van der Waals surface area (Å²) >= 11 is 0. The highest BCUT2D eigenvalue weighted by Crippen LogP contribution is 2.58. The maximum absolute atomic E-state index is 4.10. The molecule has 1 heteroatoms. The predicted molar refractivity (Wildman–Crippen MR) is 248 cm³/mol. The molecule has 3 aliphatic rings. The van der Waals surface area contributed by atoms with Crippen molar-refractivity contribution in [3.63, 3.8) is 0 Å². The van der Waals surface area contributed by atoms with Crippen molar-refractivity contribution in [1.29, 1.82) is 0 Å². The van der Waals surface area contributed by atoms with E-state index in [0.29, 0.717) is 0 Å². The first-order chi connectivity index (χ1) is 27.9. The summed E-state index contributed by atoms with van der Waals surface area (Å²) in [5.41, 5.74) is 23.9. The second kappa shape index (κ2) is 12.8. The molecule has 7 aromatic carbocycles. The molecule has 0 saturated carbocycles. The lowest BCUT2D eigenvalue weighted by molar-refractivity contribution is 0.652. The molecule has 0 heterocycles. The van der Waals surface area contributed by atoms with Crippen molar-refractivity contribution in [2.45, 2.75) is 57.8 Å². The second-order valence-electron chi connectivity index (χ2n) is 17.9. The van der Waals surface area contributed by atoms with Gasteiger partial charge in [0, 0.05) is 33.2 Å². The summed E-state index contributed by atoms with van der Waals surface area (Å²) in [6.45, 7) is 22.4. The van der Waals surface area contributed by atoms with Crippen molar-refractivity contribution < 1.29 is 0 Å². The topological polar surface area (TPSA) is 3.24 Å². The SMILES string of the molecule is C=C/C=C(\C=C)c1ccc2c(c1)-c1cc3c(cc1C2(C)C)-c1ccc(N(c2ccc4c(c2)C(C)(C)c2ccccc2-4)c2ccccc2-c2ccccc2)cc1C3(C)C. The van der Waals surface area contributed by atoms with Gasteiger partial charge in [0.2, 0.25) is 0 Å². The van der Waals surface area contributed by atoms with Crippen molar-refractivity contribution in [3.8, 4) is 44.5 Å². The summed E-state index contributed by atoms with van der Waals surface area (Å²) in [6.07, 6.45) is 5.81. The molecule has 0 amide bonds. The van der Waals surface area contributed by atoms with Gasteiger partial charge in [-0.25, -0.2) is 0 Å². The van der Waals surface area contributed by atoms with Gasteiger partial charge in [0.05, 0.1) is 5.69 Å². The maximum atomic E-state index is 4.10. The minimum absolute atomic E-state index is 0.114. The lowest BCUT2D eigenvalue weighted by atomic mass is 9.79. The molecule has 0 bridgehead atoms. The maximum Gasteiger partial charge on any atom is 0.0540 e. The first kappa shape index (κ1) is 35.9. The number of nitrogens with zero attached hydrogens (tertiary/aromatic N) is 1. The fourth-order valence-corrected chi connectivity index (χ4v) is 10.5. The molecular formula is C57H49N. The number of benzene rings is 7. The Morgan fingerprint density at radius 3 is 1.55 bits per heavy atom. The first-order valence-electron chi connectivity index (χ1n) is 20.6. The fraction of sp³-hybridized carbons (Fsp3) is 0.158. The summed E-state index contributed by atoms with van der Waals surface area (Å²) in [7, 11) is 0. The van der Waals surface area contributed by atoms with E-state index in [1.54, 1.807) is 0 Å². The second-order valence-corrected chi connectivity index (χ2v) is 17.9. The van der Waals surface area contributed by atoms with Gasteiger partial charge in [-0.2, -0.15) is 0 Å². The normalized spacial score (nSPS) is 15.7. The monoisotopic (exact) mass is 747 g/mol. The number of hydrogen-bond donors (Lipinski definition) is 0. The molecule has 0 spiro atoms. The van der Waals surface area contributed by atoms with Crippen LogP contribution in [0.3, 0.4) is 0 Å². The van der Waals surface area contributed by atoms with Crippen molar-refractivity contribution in [1.82, 2.24) is 0 Å². The number of anilines is 3. The minimum Gasteiger partial charge on any atom is -0.310 e. The highest BCUT2D eigenvalue weighted by Gasteiger charge is 2.42. The van der Waals surface area contributed by atoms with E-state index < -0.39 is 0 Å². The summed E-state index contributed by atoms with van der Waals surface area (Å²) in [4.78, 5) is 2.50. The van der Waals surface area contributed by atoms with Crippen LogP contribution in [0.1, 0.15) is 80.5 Å². The van der Waals surface area contributed by atoms with Gasteiger partial charge >= 0.3 is 0 Å². The Balaban J connectivity index is 1.15. The molecule has 0 unspecified atom stereocenters. The van der Waals surface area contributed by atoms with Crippen molar-refractivity contribution in [3.05, 3.63) is 216 Å². The van der Waals surface area contributed by atoms with Crippen LogP contribution in [0.25, 0.3) is 50.1 Å². The van der Waals surface area contributed by atoms with E-state index in [0.717, 1.165) is 22.6 Å². The Bertz CT molecular complexity index is 2900. The van der Waals surface area contributed by atoms with Gasteiger partial charge in [-0.05, 0) is 132 Å². The van der Waals surface area contributed by atoms with Crippen molar-refractivity contribution in [2.75, 3.05) is 4.90 Å². The molecule has 0 atom stereocenters. The molecule has 0 saturated heterocycles. The molecule has 0 aromatic heterocycles. The third-order valence-electron chi connectivity index (χ3n) is 13.6. The predicted octanol–water partition coefficient (Wildman–Crippen LogP) is 15.5. The molecule has 0 radical (unpaired) electrons. The third kappa shape index (κ3) is 5.09. The molecule has 7 aromatic rings. The molecule has 0 fully saturated rings. The zero-order valence-electron chi connectivity index (χ0n) is 34.4. The van der Waals surface area contributed by atoms with Gasteiger partial charge in [0.1, 0.15) is 0 Å². The zero-order valence-corrected chi connectivity index (χ0v) is 34.4. The standard InChI is InChI=1S/C57H49N/c1-9-18-36(10-2)38-25-30-49-45(31-38)47-35-52-46(34-53(47)56(49,5)6)44-29-27-40(33-51(44)57(52,7)8)58(54-24-17-15-21-41(54)37-19-12-11-13-20-37)39-26-28-43-42-22-14-16-23-48(42)55(3,4)50(43)32-39/h9-35H,1-2H2,3-8H3/b36-18+. The number of fused-ring (bicyclic) bond motifs is 9. The molecule has 0 aliphatic heterocycles. The summed E-state index contributed by atoms with van der Waals surface area (Å²) in [6, 6.07) is 54.9. The van der Waals surface area contributed by atoms with Gasteiger partial charge < -0.3 is 4.90 Å². The molecule has 282 valence electrons. The Morgan fingerprint density at radius 1 is 0.431 bits per heavy atom. The van der Waals surface area contributed by atoms with E-state index in [1.165, 1.54) is 83.5 Å². The summed E-state index contributed by atoms with van der Waals surface area (Å²) in [5.74, 6) is 0. The van der Waals surface area contributed by atoms with Crippen LogP contribution in [0.15, 0.2) is 177 Å². The van der Waals surface area contributed by atoms with Crippen LogP contribution in [0.4, 0.5) is 17.1 Å². The smallest absolute Gasteiger partial charge is 0.0540 e. The van der Waals surface area contributed by atoms with Gasteiger partial charge in [-0.15, -0.1) is 0 Å². The largest absolute Gasteiger partial charge is 0.310 e. The molecule has 1 nitrogen and oxygen atoms in total. The molecule has 58 heavy (non-hydrogen) atoms. The van der Waals surface area contributed by atoms with Crippen LogP contribution in [-0.4, -0.2) is 0 Å². The molecule has 10 rings (SSSR count). The fourth-order valence-electron chi connectivity index (χ4n) is 10.5. The Morgan fingerprint density at radius 2 is 0.914 bits per heavy atom.